The van der Waals surface area contributed by atoms with Crippen LogP contribution < -0.4 is 9.47 Å². The number of ether oxygens (including phenoxy) is 2. The molecule has 6 heteroatoms. The zero-order valence-electron chi connectivity index (χ0n) is 16.2. The second-order valence-electron chi connectivity index (χ2n) is 7.08. The van der Waals surface area contributed by atoms with Gasteiger partial charge in [-0.15, -0.1) is 11.3 Å². The van der Waals surface area contributed by atoms with Crippen LogP contribution in [0, 0.1) is 0 Å². The van der Waals surface area contributed by atoms with Crippen LogP contribution in [0.2, 0.25) is 0 Å². The summed E-state index contributed by atoms with van der Waals surface area (Å²) < 4.78 is 11.5. The van der Waals surface area contributed by atoms with Crippen molar-refractivity contribution in [2.24, 2.45) is 0 Å². The molecule has 1 fully saturated rings. The number of likely N-dealkylation sites (tertiary alicyclic amines) is 1. The molecular weight excluding hydrogens is 384 g/mol. The van der Waals surface area contributed by atoms with Gasteiger partial charge < -0.3 is 14.4 Å². The van der Waals surface area contributed by atoms with Crippen molar-refractivity contribution < 1.29 is 14.3 Å². The Bertz CT molecular complexity index is 898. The summed E-state index contributed by atoms with van der Waals surface area (Å²) >= 11 is 1.67. The van der Waals surface area contributed by atoms with E-state index in [0.717, 1.165) is 42.3 Å². The van der Waals surface area contributed by atoms with E-state index >= 15 is 0 Å². The van der Waals surface area contributed by atoms with Crippen molar-refractivity contribution in [1.82, 2.24) is 9.88 Å². The fraction of sp³-hybridized carbons (Fsp3) is 0.304. The molecule has 29 heavy (non-hydrogen) atoms. The van der Waals surface area contributed by atoms with E-state index in [1.807, 2.05) is 71.1 Å². The number of piperidine rings is 1. The number of rotatable bonds is 7. The van der Waals surface area contributed by atoms with E-state index in [1.165, 1.54) is 0 Å². The number of carbonyl (C=O) groups is 1. The molecule has 2 heterocycles. The first-order valence-corrected chi connectivity index (χ1v) is 10.7. The quantitative estimate of drug-likeness (QED) is 0.577. The van der Waals surface area contributed by atoms with Gasteiger partial charge >= 0.3 is 0 Å². The molecule has 150 valence electrons. The van der Waals surface area contributed by atoms with E-state index in [0.29, 0.717) is 18.3 Å². The van der Waals surface area contributed by atoms with E-state index in [2.05, 4.69) is 4.98 Å². The number of benzene rings is 2. The first-order chi connectivity index (χ1) is 14.3. The van der Waals surface area contributed by atoms with Crippen molar-refractivity contribution in [3.8, 4) is 11.5 Å². The molecular formula is C23H24N2O3S. The summed E-state index contributed by atoms with van der Waals surface area (Å²) in [5.41, 5.74) is 1.12. The molecule has 3 aromatic rings. The van der Waals surface area contributed by atoms with Gasteiger partial charge in [0.15, 0.2) is 6.61 Å². The van der Waals surface area contributed by atoms with Crippen molar-refractivity contribution in [2.75, 3.05) is 19.7 Å². The summed E-state index contributed by atoms with van der Waals surface area (Å²) in [4.78, 5) is 18.9. The van der Waals surface area contributed by atoms with Gasteiger partial charge in [0, 0.05) is 30.6 Å². The maximum absolute atomic E-state index is 12.6. The summed E-state index contributed by atoms with van der Waals surface area (Å²) in [6.07, 6.45) is 3.92. The van der Waals surface area contributed by atoms with Gasteiger partial charge in [-0.3, -0.25) is 4.79 Å². The molecule has 1 atom stereocenters. The highest BCUT2D eigenvalue weighted by Gasteiger charge is 2.26. The molecule has 1 aromatic heterocycles. The van der Waals surface area contributed by atoms with Crippen LogP contribution in [0.25, 0.3) is 0 Å². The van der Waals surface area contributed by atoms with Crippen molar-refractivity contribution in [3.63, 3.8) is 0 Å². The average molecular weight is 409 g/mol. The molecule has 1 amide bonds. The van der Waals surface area contributed by atoms with E-state index in [1.54, 1.807) is 11.3 Å². The standard InChI is InChI=1S/C23H24N2O3S/c26-22(25-13-4-7-19(15-25)23-24-12-14-29-23)17-28-21-10-8-20(9-11-21)27-16-18-5-2-1-3-6-18/h1-3,5-6,8-12,14,19H,4,7,13,15-17H2. The van der Waals surface area contributed by atoms with Gasteiger partial charge in [-0.25, -0.2) is 4.98 Å². The largest absolute Gasteiger partial charge is 0.489 e. The number of hydrogen-bond acceptors (Lipinski definition) is 5. The fourth-order valence-corrected chi connectivity index (χ4v) is 4.22. The van der Waals surface area contributed by atoms with Gasteiger partial charge in [0.1, 0.15) is 18.1 Å². The van der Waals surface area contributed by atoms with Crippen LogP contribution in [0.1, 0.15) is 29.3 Å². The molecule has 1 saturated heterocycles. The number of hydrogen-bond donors (Lipinski definition) is 0. The Labute approximate surface area is 174 Å². The predicted octanol–water partition coefficient (Wildman–Crippen LogP) is 4.51. The predicted molar refractivity (Wildman–Crippen MR) is 113 cm³/mol. The first-order valence-electron chi connectivity index (χ1n) is 9.85. The lowest BCUT2D eigenvalue weighted by atomic mass is 9.99. The molecule has 0 N–H and O–H groups in total. The third-order valence-corrected chi connectivity index (χ3v) is 5.95. The molecule has 0 aliphatic carbocycles. The minimum atomic E-state index is 0.0238. The Balaban J connectivity index is 1.24. The van der Waals surface area contributed by atoms with Crippen LogP contribution >= 0.6 is 11.3 Å². The maximum Gasteiger partial charge on any atom is 0.260 e. The topological polar surface area (TPSA) is 51.7 Å². The zero-order valence-corrected chi connectivity index (χ0v) is 17.0. The second kappa shape index (κ2) is 9.56. The van der Waals surface area contributed by atoms with E-state index in [-0.39, 0.29) is 12.5 Å². The maximum atomic E-state index is 12.6. The molecule has 0 saturated carbocycles. The monoisotopic (exact) mass is 408 g/mol. The lowest BCUT2D eigenvalue weighted by Gasteiger charge is -2.31. The Morgan fingerprint density at radius 1 is 1.07 bits per heavy atom. The first kappa shape index (κ1) is 19.5. The minimum Gasteiger partial charge on any atom is -0.489 e. The summed E-state index contributed by atoms with van der Waals surface area (Å²) in [6, 6.07) is 17.4. The van der Waals surface area contributed by atoms with Gasteiger partial charge in [0.05, 0.1) is 5.01 Å². The number of thiazole rings is 1. The highest BCUT2D eigenvalue weighted by Crippen LogP contribution is 2.28. The van der Waals surface area contributed by atoms with E-state index in [9.17, 15) is 4.79 Å². The van der Waals surface area contributed by atoms with Crippen molar-refractivity contribution in [1.29, 1.82) is 0 Å². The molecule has 2 aromatic carbocycles. The number of nitrogens with zero attached hydrogens (tertiary/aromatic N) is 2. The van der Waals surface area contributed by atoms with Crippen LogP contribution in [0.3, 0.4) is 0 Å². The summed E-state index contributed by atoms with van der Waals surface area (Å²) in [5.74, 6) is 1.80. The second-order valence-corrected chi connectivity index (χ2v) is 8.01. The molecule has 1 aliphatic heterocycles. The molecule has 1 unspecified atom stereocenters. The van der Waals surface area contributed by atoms with Gasteiger partial charge in [0.2, 0.25) is 0 Å². The van der Waals surface area contributed by atoms with Crippen LogP contribution in [0.5, 0.6) is 11.5 Å². The zero-order chi connectivity index (χ0) is 19.9. The van der Waals surface area contributed by atoms with Crippen LogP contribution in [0.15, 0.2) is 66.2 Å². The smallest absolute Gasteiger partial charge is 0.260 e. The fourth-order valence-electron chi connectivity index (χ4n) is 3.45. The number of amides is 1. The van der Waals surface area contributed by atoms with E-state index in [4.69, 9.17) is 9.47 Å². The highest BCUT2D eigenvalue weighted by molar-refractivity contribution is 7.09. The van der Waals surface area contributed by atoms with Crippen LogP contribution in [0.4, 0.5) is 0 Å². The van der Waals surface area contributed by atoms with E-state index < -0.39 is 0 Å². The van der Waals surface area contributed by atoms with Gasteiger partial charge in [-0.2, -0.15) is 0 Å². The third kappa shape index (κ3) is 5.35. The molecule has 0 radical (unpaired) electrons. The average Bonchev–Trinajstić information content (AvgIpc) is 3.33. The molecule has 4 rings (SSSR count). The molecule has 1 aliphatic rings. The Morgan fingerprint density at radius 3 is 2.55 bits per heavy atom. The van der Waals surface area contributed by atoms with Gasteiger partial charge in [-0.05, 0) is 42.7 Å². The molecule has 5 nitrogen and oxygen atoms in total. The molecule has 0 bridgehead atoms. The summed E-state index contributed by atoms with van der Waals surface area (Å²) in [7, 11) is 0. The lowest BCUT2D eigenvalue weighted by Crippen LogP contribution is -2.41. The summed E-state index contributed by atoms with van der Waals surface area (Å²) in [6.45, 7) is 2.09. The Kier molecular flexibility index (Phi) is 6.42. The summed E-state index contributed by atoms with van der Waals surface area (Å²) in [5, 5.41) is 3.11. The Hall–Kier alpha value is -2.86. The van der Waals surface area contributed by atoms with Crippen molar-refractivity contribution >= 4 is 17.2 Å². The number of aromatic nitrogens is 1. The van der Waals surface area contributed by atoms with Gasteiger partial charge in [0.25, 0.3) is 5.91 Å². The highest BCUT2D eigenvalue weighted by atomic mass is 32.1. The SMILES string of the molecule is O=C(COc1ccc(OCc2ccccc2)cc1)N1CCCC(c2nccs2)C1. The molecule has 0 spiro atoms. The normalized spacial score (nSPS) is 16.4. The van der Waals surface area contributed by atoms with Gasteiger partial charge in [-0.1, -0.05) is 30.3 Å². The van der Waals surface area contributed by atoms with Crippen molar-refractivity contribution in [2.45, 2.75) is 25.4 Å². The lowest BCUT2D eigenvalue weighted by molar-refractivity contribution is -0.134. The van der Waals surface area contributed by atoms with Crippen LogP contribution in [-0.2, 0) is 11.4 Å². The number of carbonyl (C=O) groups excluding carboxylic acids is 1. The minimum absolute atomic E-state index is 0.0238. The van der Waals surface area contributed by atoms with Crippen LogP contribution in [-0.4, -0.2) is 35.5 Å². The third-order valence-electron chi connectivity index (χ3n) is 5.01. The Morgan fingerprint density at radius 2 is 1.83 bits per heavy atom. The van der Waals surface area contributed by atoms with Crippen molar-refractivity contribution in [3.05, 3.63) is 76.7 Å².